The Kier molecular flexibility index (Phi) is 3.86. The second kappa shape index (κ2) is 5.41. The number of ether oxygens (including phenoxy) is 1. The van der Waals surface area contributed by atoms with Crippen molar-refractivity contribution in [2.75, 3.05) is 7.11 Å². The van der Waals surface area contributed by atoms with Crippen LogP contribution in [0.3, 0.4) is 0 Å². The first kappa shape index (κ1) is 13.6. The van der Waals surface area contributed by atoms with E-state index in [1.807, 2.05) is 25.1 Å². The number of hydrogen-bond donors (Lipinski definition) is 1. The SMILES string of the molecule is COc1ccc(C)cc1C(N)c1ccc(F)c(C)c1. The van der Waals surface area contributed by atoms with Gasteiger partial charge in [0.1, 0.15) is 11.6 Å². The van der Waals surface area contributed by atoms with Crippen LogP contribution in [0.5, 0.6) is 5.75 Å². The molecule has 19 heavy (non-hydrogen) atoms. The number of benzene rings is 2. The second-order valence-corrected chi connectivity index (χ2v) is 4.73. The molecule has 1 atom stereocenters. The highest BCUT2D eigenvalue weighted by atomic mass is 19.1. The summed E-state index contributed by atoms with van der Waals surface area (Å²) in [6.07, 6.45) is 0. The van der Waals surface area contributed by atoms with Gasteiger partial charge in [0.05, 0.1) is 13.2 Å². The van der Waals surface area contributed by atoms with Gasteiger partial charge < -0.3 is 10.5 Å². The molecule has 0 heterocycles. The van der Waals surface area contributed by atoms with Gasteiger partial charge in [0.15, 0.2) is 0 Å². The number of aryl methyl sites for hydroxylation is 2. The van der Waals surface area contributed by atoms with Gasteiger partial charge in [-0.05, 0) is 37.1 Å². The lowest BCUT2D eigenvalue weighted by atomic mass is 9.96. The van der Waals surface area contributed by atoms with E-state index >= 15 is 0 Å². The lowest BCUT2D eigenvalue weighted by molar-refractivity contribution is 0.407. The maximum atomic E-state index is 13.3. The van der Waals surface area contributed by atoms with E-state index in [0.29, 0.717) is 5.56 Å². The van der Waals surface area contributed by atoms with Crippen LogP contribution in [0.25, 0.3) is 0 Å². The molecule has 2 nitrogen and oxygen atoms in total. The summed E-state index contributed by atoms with van der Waals surface area (Å²) in [5.74, 6) is 0.534. The van der Waals surface area contributed by atoms with Crippen molar-refractivity contribution in [3.05, 3.63) is 64.5 Å². The largest absolute Gasteiger partial charge is 0.496 e. The summed E-state index contributed by atoms with van der Waals surface area (Å²) < 4.78 is 18.7. The van der Waals surface area contributed by atoms with Crippen LogP contribution in [-0.2, 0) is 0 Å². The molecular formula is C16H18FNO. The van der Waals surface area contributed by atoms with Crippen molar-refractivity contribution in [2.45, 2.75) is 19.9 Å². The normalized spacial score (nSPS) is 12.3. The Hall–Kier alpha value is -1.87. The summed E-state index contributed by atoms with van der Waals surface area (Å²) >= 11 is 0. The Morgan fingerprint density at radius 1 is 1.11 bits per heavy atom. The minimum absolute atomic E-state index is 0.216. The molecule has 0 aromatic heterocycles. The van der Waals surface area contributed by atoms with Crippen molar-refractivity contribution in [1.29, 1.82) is 0 Å². The van der Waals surface area contributed by atoms with Crippen molar-refractivity contribution in [1.82, 2.24) is 0 Å². The number of rotatable bonds is 3. The molecule has 2 rings (SSSR count). The first-order valence-electron chi connectivity index (χ1n) is 6.19. The first-order chi connectivity index (χ1) is 9.02. The van der Waals surface area contributed by atoms with Crippen LogP contribution in [0.15, 0.2) is 36.4 Å². The van der Waals surface area contributed by atoms with Crippen LogP contribution in [-0.4, -0.2) is 7.11 Å². The van der Waals surface area contributed by atoms with Crippen LogP contribution in [0.4, 0.5) is 4.39 Å². The maximum Gasteiger partial charge on any atom is 0.126 e. The van der Waals surface area contributed by atoms with Gasteiger partial charge in [0, 0.05) is 5.56 Å². The minimum atomic E-state index is -0.325. The van der Waals surface area contributed by atoms with Crippen molar-refractivity contribution in [3.63, 3.8) is 0 Å². The van der Waals surface area contributed by atoms with Gasteiger partial charge in [0.2, 0.25) is 0 Å². The Morgan fingerprint density at radius 2 is 1.84 bits per heavy atom. The van der Waals surface area contributed by atoms with Gasteiger partial charge in [-0.3, -0.25) is 0 Å². The molecule has 1 unspecified atom stereocenters. The fourth-order valence-corrected chi connectivity index (χ4v) is 2.14. The molecule has 2 aromatic carbocycles. The van der Waals surface area contributed by atoms with Gasteiger partial charge in [-0.15, -0.1) is 0 Å². The molecule has 100 valence electrons. The van der Waals surface area contributed by atoms with E-state index in [1.165, 1.54) is 6.07 Å². The zero-order valence-electron chi connectivity index (χ0n) is 11.4. The third-order valence-electron chi connectivity index (χ3n) is 3.26. The van der Waals surface area contributed by atoms with E-state index in [4.69, 9.17) is 10.5 Å². The molecule has 0 aliphatic heterocycles. The smallest absolute Gasteiger partial charge is 0.126 e. The summed E-state index contributed by atoms with van der Waals surface area (Å²) in [6, 6.07) is 10.5. The van der Waals surface area contributed by atoms with Crippen LogP contribution in [0.1, 0.15) is 28.3 Å². The fourth-order valence-electron chi connectivity index (χ4n) is 2.14. The van der Waals surface area contributed by atoms with E-state index in [-0.39, 0.29) is 11.9 Å². The zero-order valence-corrected chi connectivity index (χ0v) is 11.4. The summed E-state index contributed by atoms with van der Waals surface area (Å²) in [7, 11) is 1.62. The zero-order chi connectivity index (χ0) is 14.0. The van der Waals surface area contributed by atoms with Gasteiger partial charge in [-0.25, -0.2) is 4.39 Å². The molecule has 0 saturated carbocycles. The van der Waals surface area contributed by atoms with Crippen LogP contribution < -0.4 is 10.5 Å². The average molecular weight is 259 g/mol. The molecule has 0 spiro atoms. The molecule has 0 fully saturated rings. The Labute approximate surface area is 113 Å². The second-order valence-electron chi connectivity index (χ2n) is 4.73. The van der Waals surface area contributed by atoms with Crippen molar-refractivity contribution >= 4 is 0 Å². The molecule has 0 aliphatic carbocycles. The average Bonchev–Trinajstić information content (AvgIpc) is 2.41. The number of methoxy groups -OCH3 is 1. The van der Waals surface area contributed by atoms with Crippen LogP contribution >= 0.6 is 0 Å². The lowest BCUT2D eigenvalue weighted by Crippen LogP contribution is -2.13. The lowest BCUT2D eigenvalue weighted by Gasteiger charge is -2.17. The van der Waals surface area contributed by atoms with E-state index in [9.17, 15) is 4.39 Å². The minimum Gasteiger partial charge on any atom is -0.496 e. The predicted molar refractivity (Wildman–Crippen MR) is 74.9 cm³/mol. The van der Waals surface area contributed by atoms with Crippen LogP contribution in [0.2, 0.25) is 0 Å². The summed E-state index contributed by atoms with van der Waals surface area (Å²) in [5, 5.41) is 0. The Bertz CT molecular complexity index is 595. The molecule has 0 aliphatic rings. The molecule has 2 N–H and O–H groups in total. The van der Waals surface area contributed by atoms with E-state index in [0.717, 1.165) is 22.4 Å². The first-order valence-corrected chi connectivity index (χ1v) is 6.19. The number of halogens is 1. The van der Waals surface area contributed by atoms with Crippen LogP contribution in [0, 0.1) is 19.7 Å². The fraction of sp³-hybridized carbons (Fsp3) is 0.250. The molecule has 0 bridgehead atoms. The molecular weight excluding hydrogens is 241 g/mol. The highest BCUT2D eigenvalue weighted by Crippen LogP contribution is 2.29. The molecule has 0 radical (unpaired) electrons. The predicted octanol–water partition coefficient (Wildman–Crippen LogP) is 3.50. The Balaban J connectivity index is 2.45. The molecule has 0 amide bonds. The van der Waals surface area contributed by atoms with Crippen molar-refractivity contribution in [2.24, 2.45) is 5.73 Å². The Morgan fingerprint density at radius 3 is 2.47 bits per heavy atom. The van der Waals surface area contributed by atoms with Gasteiger partial charge in [0.25, 0.3) is 0 Å². The summed E-state index contributed by atoms with van der Waals surface area (Å²) in [5.41, 5.74) is 9.78. The number of nitrogens with two attached hydrogens (primary N) is 1. The van der Waals surface area contributed by atoms with Crippen molar-refractivity contribution in [3.8, 4) is 5.75 Å². The van der Waals surface area contributed by atoms with Crippen molar-refractivity contribution < 1.29 is 9.13 Å². The van der Waals surface area contributed by atoms with Gasteiger partial charge >= 0.3 is 0 Å². The summed E-state index contributed by atoms with van der Waals surface area (Å²) in [6.45, 7) is 3.74. The highest BCUT2D eigenvalue weighted by molar-refractivity contribution is 5.44. The monoisotopic (exact) mass is 259 g/mol. The third kappa shape index (κ3) is 2.76. The van der Waals surface area contributed by atoms with E-state index < -0.39 is 0 Å². The van der Waals surface area contributed by atoms with E-state index in [1.54, 1.807) is 26.2 Å². The standard InChI is InChI=1S/C16H18FNO/c1-10-4-7-15(19-3)13(8-10)16(18)12-5-6-14(17)11(2)9-12/h4-9,16H,18H2,1-3H3. The third-order valence-corrected chi connectivity index (χ3v) is 3.26. The number of hydrogen-bond acceptors (Lipinski definition) is 2. The molecule has 3 heteroatoms. The molecule has 2 aromatic rings. The van der Waals surface area contributed by atoms with E-state index in [2.05, 4.69) is 0 Å². The summed E-state index contributed by atoms with van der Waals surface area (Å²) in [4.78, 5) is 0. The highest BCUT2D eigenvalue weighted by Gasteiger charge is 2.15. The quantitative estimate of drug-likeness (QED) is 0.915. The molecule has 0 saturated heterocycles. The van der Waals surface area contributed by atoms with Gasteiger partial charge in [-0.2, -0.15) is 0 Å². The topological polar surface area (TPSA) is 35.2 Å². The van der Waals surface area contributed by atoms with Gasteiger partial charge in [-0.1, -0.05) is 29.8 Å². The maximum absolute atomic E-state index is 13.3.